The molecule has 0 aliphatic carbocycles. The van der Waals surface area contributed by atoms with Crippen molar-refractivity contribution in [3.63, 3.8) is 0 Å². The molecule has 0 saturated carbocycles. The maximum absolute atomic E-state index is 6.06. The Morgan fingerprint density at radius 2 is 1.59 bits per heavy atom. The van der Waals surface area contributed by atoms with Crippen molar-refractivity contribution in [3.8, 4) is 11.5 Å². The van der Waals surface area contributed by atoms with Crippen molar-refractivity contribution in [1.29, 1.82) is 0 Å². The molecule has 0 N–H and O–H groups in total. The van der Waals surface area contributed by atoms with Crippen LogP contribution in [0.1, 0.15) is 27.7 Å². The topological polar surface area (TPSA) is 46.2 Å². The minimum Gasteiger partial charge on any atom is -0.493 e. The Bertz CT molecular complexity index is 499. The van der Waals surface area contributed by atoms with E-state index in [2.05, 4.69) is 0 Å². The Hall–Kier alpha value is -1.24. The average Bonchev–Trinajstić information content (AvgIpc) is 2.67. The third-order valence-electron chi connectivity index (χ3n) is 4.26. The van der Waals surface area contributed by atoms with Crippen LogP contribution >= 0.6 is 0 Å². The monoisotopic (exact) mass is 308 g/mol. The molecule has 122 valence electrons. The van der Waals surface area contributed by atoms with Crippen LogP contribution in [-0.4, -0.2) is 45.8 Å². The van der Waals surface area contributed by atoms with E-state index >= 15 is 0 Å². The van der Waals surface area contributed by atoms with E-state index in [1.54, 1.807) is 14.2 Å². The maximum atomic E-state index is 6.06. The first-order chi connectivity index (χ1) is 10.3. The predicted octanol–water partition coefficient (Wildman–Crippen LogP) is 2.02. The summed E-state index contributed by atoms with van der Waals surface area (Å²) in [5.41, 5.74) is 0.176. The van der Waals surface area contributed by atoms with Gasteiger partial charge in [0.25, 0.3) is 0 Å². The van der Waals surface area contributed by atoms with Gasteiger partial charge >= 0.3 is 7.12 Å². The second-order valence-corrected chi connectivity index (χ2v) is 6.34. The van der Waals surface area contributed by atoms with Crippen molar-refractivity contribution >= 4 is 12.6 Å². The first-order valence-corrected chi connectivity index (χ1v) is 7.46. The molecule has 6 heteroatoms. The lowest BCUT2D eigenvalue weighted by molar-refractivity contribution is 0.00578. The number of ether oxygens (including phenoxy) is 3. The Labute approximate surface area is 133 Å². The Morgan fingerprint density at radius 1 is 0.955 bits per heavy atom. The van der Waals surface area contributed by atoms with Gasteiger partial charge in [-0.25, -0.2) is 0 Å². The number of rotatable bonds is 6. The van der Waals surface area contributed by atoms with Crippen LogP contribution in [0.3, 0.4) is 0 Å². The summed E-state index contributed by atoms with van der Waals surface area (Å²) in [6.45, 7) is 9.11. The molecule has 1 saturated heterocycles. The molecule has 0 spiro atoms. The van der Waals surface area contributed by atoms with Gasteiger partial charge in [-0.05, 0) is 45.3 Å². The van der Waals surface area contributed by atoms with Gasteiger partial charge in [0.1, 0.15) is 6.61 Å². The lowest BCUT2D eigenvalue weighted by Crippen LogP contribution is -2.41. The molecule has 1 aromatic carbocycles. The van der Waals surface area contributed by atoms with Crippen molar-refractivity contribution in [3.05, 3.63) is 18.2 Å². The van der Waals surface area contributed by atoms with Crippen LogP contribution in [-0.2, 0) is 14.0 Å². The van der Waals surface area contributed by atoms with Gasteiger partial charge in [-0.1, -0.05) is 6.07 Å². The van der Waals surface area contributed by atoms with E-state index in [1.165, 1.54) is 0 Å². The van der Waals surface area contributed by atoms with Crippen LogP contribution in [0.2, 0.25) is 0 Å². The molecule has 0 radical (unpaired) electrons. The Kier molecular flexibility index (Phi) is 5.05. The predicted molar refractivity (Wildman–Crippen MR) is 86.1 cm³/mol. The van der Waals surface area contributed by atoms with E-state index in [0.29, 0.717) is 24.7 Å². The van der Waals surface area contributed by atoms with Gasteiger partial charge in [-0.3, -0.25) is 0 Å². The molecular formula is C16H25BO5. The minimum absolute atomic E-state index is 0.366. The molecule has 0 atom stereocenters. The fourth-order valence-electron chi connectivity index (χ4n) is 2.17. The summed E-state index contributed by atoms with van der Waals surface area (Å²) in [5, 5.41) is 0. The molecule has 1 heterocycles. The molecular weight excluding hydrogens is 283 g/mol. The van der Waals surface area contributed by atoms with Gasteiger partial charge in [0.2, 0.25) is 0 Å². The fourth-order valence-corrected chi connectivity index (χ4v) is 2.17. The molecule has 1 aliphatic rings. The molecule has 0 aromatic heterocycles. The van der Waals surface area contributed by atoms with E-state index in [1.807, 2.05) is 45.9 Å². The quantitative estimate of drug-likeness (QED) is 0.594. The van der Waals surface area contributed by atoms with Gasteiger partial charge in [0, 0.05) is 7.11 Å². The second-order valence-electron chi connectivity index (χ2n) is 6.34. The van der Waals surface area contributed by atoms with Gasteiger partial charge in [0.05, 0.1) is 24.9 Å². The first-order valence-electron chi connectivity index (χ1n) is 7.46. The molecule has 5 nitrogen and oxygen atoms in total. The normalized spacial score (nSPS) is 19.3. The average molecular weight is 308 g/mol. The Morgan fingerprint density at radius 3 is 2.14 bits per heavy atom. The highest BCUT2D eigenvalue weighted by atomic mass is 16.7. The summed E-state index contributed by atoms with van der Waals surface area (Å²) in [5.74, 6) is 1.34. The fraction of sp³-hybridized carbons (Fsp3) is 0.625. The number of hydrogen-bond acceptors (Lipinski definition) is 5. The van der Waals surface area contributed by atoms with E-state index in [4.69, 9.17) is 23.5 Å². The smallest absolute Gasteiger partial charge is 0.493 e. The lowest BCUT2D eigenvalue weighted by Gasteiger charge is -2.32. The maximum Gasteiger partial charge on any atom is 0.494 e. The summed E-state index contributed by atoms with van der Waals surface area (Å²) in [6, 6.07) is 5.70. The molecule has 0 unspecified atom stereocenters. The van der Waals surface area contributed by atoms with E-state index in [9.17, 15) is 0 Å². The van der Waals surface area contributed by atoms with E-state index in [0.717, 1.165) is 5.46 Å². The number of hydrogen-bond donors (Lipinski definition) is 0. The standard InChI is InChI=1S/C16H25BO5/c1-15(2)16(3,4)22-17(21-15)12-7-8-13(19-6)14(11-12)20-10-9-18-5/h7-8,11H,9-10H2,1-6H3. The van der Waals surface area contributed by atoms with Crippen molar-refractivity contribution < 1.29 is 23.5 Å². The summed E-state index contributed by atoms with van der Waals surface area (Å²) in [7, 11) is 2.84. The van der Waals surface area contributed by atoms with E-state index in [-0.39, 0.29) is 11.2 Å². The minimum atomic E-state index is -0.416. The van der Waals surface area contributed by atoms with Crippen molar-refractivity contribution in [2.75, 3.05) is 27.4 Å². The van der Waals surface area contributed by atoms with Gasteiger partial charge < -0.3 is 23.5 Å². The number of benzene rings is 1. The molecule has 22 heavy (non-hydrogen) atoms. The van der Waals surface area contributed by atoms with Crippen LogP contribution in [0.4, 0.5) is 0 Å². The largest absolute Gasteiger partial charge is 0.494 e. The summed E-state index contributed by atoms with van der Waals surface area (Å²) in [4.78, 5) is 0. The highest BCUT2D eigenvalue weighted by molar-refractivity contribution is 6.62. The highest BCUT2D eigenvalue weighted by Crippen LogP contribution is 2.37. The molecule has 1 aliphatic heterocycles. The zero-order valence-corrected chi connectivity index (χ0v) is 14.3. The SMILES string of the molecule is COCCOc1cc(B2OC(C)(C)C(C)(C)O2)ccc1OC. The third-order valence-corrected chi connectivity index (χ3v) is 4.26. The van der Waals surface area contributed by atoms with Crippen molar-refractivity contribution in [2.24, 2.45) is 0 Å². The van der Waals surface area contributed by atoms with Crippen molar-refractivity contribution in [1.82, 2.24) is 0 Å². The van der Waals surface area contributed by atoms with Gasteiger partial charge in [-0.2, -0.15) is 0 Å². The van der Waals surface area contributed by atoms with Gasteiger partial charge in [0.15, 0.2) is 11.5 Å². The second kappa shape index (κ2) is 6.48. The Balaban J connectivity index is 2.20. The van der Waals surface area contributed by atoms with Crippen molar-refractivity contribution in [2.45, 2.75) is 38.9 Å². The molecule has 1 fully saturated rings. The van der Waals surface area contributed by atoms with Crippen LogP contribution < -0.4 is 14.9 Å². The zero-order valence-electron chi connectivity index (χ0n) is 14.3. The molecule has 0 bridgehead atoms. The molecule has 0 amide bonds. The summed E-state index contributed by atoms with van der Waals surface area (Å²) >= 11 is 0. The van der Waals surface area contributed by atoms with Crippen LogP contribution in [0.15, 0.2) is 18.2 Å². The summed E-state index contributed by atoms with van der Waals surface area (Å²) < 4.78 is 28.2. The number of methoxy groups -OCH3 is 2. The summed E-state index contributed by atoms with van der Waals surface area (Å²) in [6.07, 6.45) is 0. The third kappa shape index (κ3) is 3.40. The van der Waals surface area contributed by atoms with Crippen LogP contribution in [0.5, 0.6) is 11.5 Å². The van der Waals surface area contributed by atoms with Gasteiger partial charge in [-0.15, -0.1) is 0 Å². The van der Waals surface area contributed by atoms with E-state index < -0.39 is 7.12 Å². The zero-order chi connectivity index (χ0) is 16.4. The van der Waals surface area contributed by atoms with Crippen LogP contribution in [0.25, 0.3) is 0 Å². The first kappa shape index (κ1) is 17.1. The highest BCUT2D eigenvalue weighted by Gasteiger charge is 2.51. The lowest BCUT2D eigenvalue weighted by atomic mass is 9.79. The van der Waals surface area contributed by atoms with Crippen LogP contribution in [0, 0.1) is 0 Å². The molecule has 1 aromatic rings. The molecule has 2 rings (SSSR count).